The molecule has 1 atom stereocenters. The molecule has 1 aromatic heterocycles. The van der Waals surface area contributed by atoms with Crippen molar-refractivity contribution in [1.82, 2.24) is 20.1 Å². The Morgan fingerprint density at radius 1 is 1.35 bits per heavy atom. The first-order valence-electron chi connectivity index (χ1n) is 7.01. The highest BCUT2D eigenvalue weighted by Crippen LogP contribution is 2.20. The van der Waals surface area contributed by atoms with Gasteiger partial charge in [-0.15, -0.1) is 0 Å². The fraction of sp³-hybridized carbons (Fsp3) is 0.467. The van der Waals surface area contributed by atoms with E-state index in [-0.39, 0.29) is 11.9 Å². The summed E-state index contributed by atoms with van der Waals surface area (Å²) in [5, 5.41) is 7.62. The number of aromatic nitrogens is 3. The van der Waals surface area contributed by atoms with Crippen LogP contribution in [0.3, 0.4) is 0 Å². The Morgan fingerprint density at radius 2 is 2.15 bits per heavy atom. The highest BCUT2D eigenvalue weighted by Gasteiger charge is 2.15. The minimum Gasteiger partial charge on any atom is -0.310 e. The zero-order valence-corrected chi connectivity index (χ0v) is 12.2. The molecule has 0 saturated heterocycles. The normalized spacial score (nSPS) is 12.6. The Bertz CT molecular complexity index is 565. The van der Waals surface area contributed by atoms with Crippen molar-refractivity contribution >= 4 is 0 Å². The predicted molar refractivity (Wildman–Crippen MR) is 77.0 cm³/mol. The summed E-state index contributed by atoms with van der Waals surface area (Å²) < 4.78 is 15.3. The molecule has 0 saturated carbocycles. The van der Waals surface area contributed by atoms with Crippen molar-refractivity contribution in [3.8, 4) is 0 Å². The van der Waals surface area contributed by atoms with E-state index >= 15 is 0 Å². The van der Waals surface area contributed by atoms with Crippen molar-refractivity contribution in [3.63, 3.8) is 0 Å². The first kappa shape index (κ1) is 14.7. The van der Waals surface area contributed by atoms with Gasteiger partial charge in [-0.25, -0.2) is 9.37 Å². The van der Waals surface area contributed by atoms with Crippen molar-refractivity contribution in [3.05, 3.63) is 47.3 Å². The predicted octanol–water partition coefficient (Wildman–Crippen LogP) is 2.64. The standard InChI is InChI=1S/C15H21FN4/c1-4-17-14(9-15-18-10-19-20(15)5-2)12-6-7-13(16)11(3)8-12/h6-8,10,14,17H,4-5,9H2,1-3H3. The molecule has 0 amide bonds. The van der Waals surface area contributed by atoms with Crippen molar-refractivity contribution in [2.75, 3.05) is 6.54 Å². The fourth-order valence-electron chi connectivity index (χ4n) is 2.33. The van der Waals surface area contributed by atoms with Crippen LogP contribution in [-0.2, 0) is 13.0 Å². The maximum absolute atomic E-state index is 13.4. The topological polar surface area (TPSA) is 42.7 Å². The highest BCUT2D eigenvalue weighted by molar-refractivity contribution is 5.27. The van der Waals surface area contributed by atoms with Gasteiger partial charge in [-0.2, -0.15) is 5.10 Å². The third kappa shape index (κ3) is 3.22. The second-order valence-electron chi connectivity index (χ2n) is 4.82. The van der Waals surface area contributed by atoms with Crippen LogP contribution in [0.15, 0.2) is 24.5 Å². The number of aryl methyl sites for hydroxylation is 2. The Hall–Kier alpha value is -1.75. The Kier molecular flexibility index (Phi) is 4.84. The van der Waals surface area contributed by atoms with Crippen molar-refractivity contribution in [2.24, 2.45) is 0 Å². The summed E-state index contributed by atoms with van der Waals surface area (Å²) in [5.41, 5.74) is 1.75. The average Bonchev–Trinajstić information content (AvgIpc) is 2.88. The highest BCUT2D eigenvalue weighted by atomic mass is 19.1. The van der Waals surface area contributed by atoms with E-state index in [1.54, 1.807) is 13.3 Å². The van der Waals surface area contributed by atoms with E-state index in [0.717, 1.165) is 30.9 Å². The smallest absolute Gasteiger partial charge is 0.138 e. The molecule has 0 aliphatic heterocycles. The van der Waals surface area contributed by atoms with E-state index in [0.29, 0.717) is 5.56 Å². The third-order valence-electron chi connectivity index (χ3n) is 3.42. The molecular formula is C15H21FN4. The monoisotopic (exact) mass is 276 g/mol. The molecule has 0 bridgehead atoms. The van der Waals surface area contributed by atoms with Gasteiger partial charge in [0.1, 0.15) is 18.0 Å². The molecular weight excluding hydrogens is 255 g/mol. The summed E-state index contributed by atoms with van der Waals surface area (Å²) in [6, 6.07) is 5.38. The minimum atomic E-state index is -0.166. The van der Waals surface area contributed by atoms with Gasteiger partial charge in [-0.3, -0.25) is 4.68 Å². The van der Waals surface area contributed by atoms with E-state index in [2.05, 4.69) is 22.3 Å². The molecule has 1 aromatic carbocycles. The first-order chi connectivity index (χ1) is 9.65. The molecule has 1 N–H and O–H groups in total. The van der Waals surface area contributed by atoms with Crippen LogP contribution in [0, 0.1) is 12.7 Å². The zero-order valence-electron chi connectivity index (χ0n) is 12.2. The van der Waals surface area contributed by atoms with Gasteiger partial charge >= 0.3 is 0 Å². The van der Waals surface area contributed by atoms with Gasteiger partial charge in [0.2, 0.25) is 0 Å². The molecule has 0 aliphatic carbocycles. The van der Waals surface area contributed by atoms with Crippen molar-refractivity contribution in [2.45, 2.75) is 39.8 Å². The van der Waals surface area contributed by atoms with Gasteiger partial charge in [-0.05, 0) is 37.6 Å². The molecule has 4 nitrogen and oxygen atoms in total. The Balaban J connectivity index is 2.24. The van der Waals surface area contributed by atoms with Crippen molar-refractivity contribution < 1.29 is 4.39 Å². The number of halogens is 1. The number of benzene rings is 1. The number of hydrogen-bond acceptors (Lipinski definition) is 3. The van der Waals surface area contributed by atoms with Crippen LogP contribution in [0.4, 0.5) is 4.39 Å². The maximum atomic E-state index is 13.4. The van der Waals surface area contributed by atoms with Crippen LogP contribution in [0.2, 0.25) is 0 Å². The molecule has 5 heteroatoms. The lowest BCUT2D eigenvalue weighted by atomic mass is 10.0. The molecule has 2 rings (SSSR count). The van der Waals surface area contributed by atoms with E-state index < -0.39 is 0 Å². The fourth-order valence-corrected chi connectivity index (χ4v) is 2.33. The van der Waals surface area contributed by atoms with Gasteiger partial charge in [0.25, 0.3) is 0 Å². The SMILES string of the molecule is CCNC(Cc1ncnn1CC)c1ccc(F)c(C)c1. The van der Waals surface area contributed by atoms with E-state index in [9.17, 15) is 4.39 Å². The van der Waals surface area contributed by atoms with E-state index in [1.807, 2.05) is 23.7 Å². The lowest BCUT2D eigenvalue weighted by Gasteiger charge is -2.19. The largest absolute Gasteiger partial charge is 0.310 e. The summed E-state index contributed by atoms with van der Waals surface area (Å²) in [7, 11) is 0. The molecule has 0 spiro atoms. The molecule has 20 heavy (non-hydrogen) atoms. The molecule has 0 radical (unpaired) electrons. The Morgan fingerprint density at radius 3 is 2.80 bits per heavy atom. The van der Waals surface area contributed by atoms with Gasteiger partial charge in [0.05, 0.1) is 0 Å². The summed E-state index contributed by atoms with van der Waals surface area (Å²) in [4.78, 5) is 4.31. The number of nitrogens with one attached hydrogen (secondary N) is 1. The van der Waals surface area contributed by atoms with Gasteiger partial charge in [0, 0.05) is 19.0 Å². The van der Waals surface area contributed by atoms with Crippen LogP contribution in [0.1, 0.15) is 36.8 Å². The molecule has 0 aliphatic rings. The molecule has 1 heterocycles. The molecule has 0 fully saturated rings. The van der Waals surface area contributed by atoms with Crippen LogP contribution in [0.5, 0.6) is 0 Å². The zero-order chi connectivity index (χ0) is 14.5. The Labute approximate surface area is 119 Å². The minimum absolute atomic E-state index is 0.119. The van der Waals surface area contributed by atoms with Crippen LogP contribution >= 0.6 is 0 Å². The lowest BCUT2D eigenvalue weighted by molar-refractivity contribution is 0.508. The first-order valence-corrected chi connectivity index (χ1v) is 7.01. The summed E-state index contributed by atoms with van der Waals surface area (Å²) >= 11 is 0. The number of rotatable bonds is 6. The molecule has 2 aromatic rings. The van der Waals surface area contributed by atoms with Crippen LogP contribution < -0.4 is 5.32 Å². The van der Waals surface area contributed by atoms with Crippen LogP contribution in [-0.4, -0.2) is 21.3 Å². The number of nitrogens with zero attached hydrogens (tertiary/aromatic N) is 3. The molecule has 108 valence electrons. The van der Waals surface area contributed by atoms with Gasteiger partial charge in [-0.1, -0.05) is 19.1 Å². The average molecular weight is 276 g/mol. The van der Waals surface area contributed by atoms with Crippen molar-refractivity contribution in [1.29, 1.82) is 0 Å². The lowest BCUT2D eigenvalue weighted by Crippen LogP contribution is -2.24. The van der Waals surface area contributed by atoms with Crippen LogP contribution in [0.25, 0.3) is 0 Å². The molecule has 1 unspecified atom stereocenters. The number of likely N-dealkylation sites (N-methyl/N-ethyl adjacent to an activating group) is 1. The summed E-state index contributed by atoms with van der Waals surface area (Å²) in [5.74, 6) is 0.779. The van der Waals surface area contributed by atoms with E-state index in [1.165, 1.54) is 6.07 Å². The van der Waals surface area contributed by atoms with Gasteiger partial charge in [0.15, 0.2) is 0 Å². The maximum Gasteiger partial charge on any atom is 0.138 e. The second-order valence-corrected chi connectivity index (χ2v) is 4.82. The van der Waals surface area contributed by atoms with E-state index in [4.69, 9.17) is 0 Å². The second kappa shape index (κ2) is 6.61. The third-order valence-corrected chi connectivity index (χ3v) is 3.42. The summed E-state index contributed by atoms with van der Waals surface area (Å²) in [6.07, 6.45) is 2.32. The quantitative estimate of drug-likeness (QED) is 0.882. The van der Waals surface area contributed by atoms with Gasteiger partial charge < -0.3 is 5.32 Å². The number of hydrogen-bond donors (Lipinski definition) is 1. The summed E-state index contributed by atoms with van der Waals surface area (Å²) in [6.45, 7) is 7.55.